The van der Waals surface area contributed by atoms with Gasteiger partial charge in [0, 0.05) is 11.1 Å². The van der Waals surface area contributed by atoms with Crippen molar-refractivity contribution < 1.29 is 0 Å². The first-order valence-corrected chi connectivity index (χ1v) is 6.22. The topological polar surface area (TPSA) is 48.7 Å². The summed E-state index contributed by atoms with van der Waals surface area (Å²) in [7, 11) is 0. The van der Waals surface area contributed by atoms with Gasteiger partial charge in [-0.25, -0.2) is 4.98 Å². The average Bonchev–Trinajstić information content (AvgIpc) is 2.75. The molecular formula is C13H13N3S. The normalized spacial score (nSPS) is 11.8. The Hall–Kier alpha value is -1.86. The highest BCUT2D eigenvalue weighted by Gasteiger charge is 2.13. The second-order valence-electron chi connectivity index (χ2n) is 3.81. The zero-order chi connectivity index (χ0) is 12.3. The molecule has 1 N–H and O–H groups in total. The Morgan fingerprint density at radius 1 is 1.35 bits per heavy atom. The van der Waals surface area contributed by atoms with Crippen LogP contribution >= 0.6 is 11.3 Å². The summed E-state index contributed by atoms with van der Waals surface area (Å²) in [6.07, 6.45) is 0. The molecule has 1 atom stereocenters. The minimum absolute atomic E-state index is 0.388. The van der Waals surface area contributed by atoms with Crippen LogP contribution in [0.5, 0.6) is 0 Å². The number of thiazole rings is 1. The van der Waals surface area contributed by atoms with Crippen LogP contribution in [0.1, 0.15) is 22.3 Å². The molecule has 0 aliphatic heterocycles. The summed E-state index contributed by atoms with van der Waals surface area (Å²) in [5, 5.41) is 15.3. The first kappa shape index (κ1) is 11.6. The fourth-order valence-electron chi connectivity index (χ4n) is 1.58. The summed E-state index contributed by atoms with van der Waals surface area (Å²) in [5.41, 5.74) is 2.89. The van der Waals surface area contributed by atoms with Gasteiger partial charge >= 0.3 is 0 Å². The van der Waals surface area contributed by atoms with Crippen molar-refractivity contribution in [3.8, 4) is 6.07 Å². The van der Waals surface area contributed by atoms with Crippen molar-refractivity contribution in [1.29, 1.82) is 5.26 Å². The Kier molecular flexibility index (Phi) is 3.40. The number of aromatic nitrogens is 1. The van der Waals surface area contributed by atoms with Crippen LogP contribution in [0.15, 0.2) is 29.6 Å². The van der Waals surface area contributed by atoms with Gasteiger partial charge in [-0.3, -0.25) is 0 Å². The minimum Gasteiger partial charge on any atom is -0.365 e. The molecule has 1 aromatic heterocycles. The summed E-state index contributed by atoms with van der Waals surface area (Å²) in [5.74, 6) is 0. The second-order valence-corrected chi connectivity index (χ2v) is 4.87. The molecule has 0 saturated heterocycles. The van der Waals surface area contributed by atoms with Gasteiger partial charge in [-0.05, 0) is 25.5 Å². The van der Waals surface area contributed by atoms with Crippen molar-refractivity contribution in [1.82, 2.24) is 4.98 Å². The summed E-state index contributed by atoms with van der Waals surface area (Å²) in [4.78, 5) is 4.34. The number of nitrogens with one attached hydrogen (secondary N) is 1. The van der Waals surface area contributed by atoms with Crippen LogP contribution in [0.3, 0.4) is 0 Å². The molecule has 86 valence electrons. The highest BCUT2D eigenvalue weighted by Crippen LogP contribution is 2.22. The fourth-order valence-corrected chi connectivity index (χ4v) is 2.21. The lowest BCUT2D eigenvalue weighted by atomic mass is 10.1. The number of para-hydroxylation sites is 1. The number of rotatable bonds is 3. The van der Waals surface area contributed by atoms with Crippen LogP contribution in [0.2, 0.25) is 0 Å². The molecule has 0 aliphatic carbocycles. The lowest BCUT2D eigenvalue weighted by Gasteiger charge is -2.12. The molecule has 1 unspecified atom stereocenters. The predicted molar refractivity (Wildman–Crippen MR) is 70.0 cm³/mol. The lowest BCUT2D eigenvalue weighted by Crippen LogP contribution is -2.09. The molecular weight excluding hydrogens is 230 g/mol. The van der Waals surface area contributed by atoms with E-state index in [4.69, 9.17) is 0 Å². The van der Waals surface area contributed by atoms with Gasteiger partial charge in [-0.2, -0.15) is 5.26 Å². The number of hydrogen-bond acceptors (Lipinski definition) is 4. The maximum Gasteiger partial charge on any atom is 0.158 e. The molecule has 0 radical (unpaired) electrons. The van der Waals surface area contributed by atoms with E-state index in [2.05, 4.69) is 16.4 Å². The van der Waals surface area contributed by atoms with Gasteiger partial charge in [0.1, 0.15) is 0 Å². The Labute approximate surface area is 105 Å². The van der Waals surface area contributed by atoms with Crippen molar-refractivity contribution >= 4 is 17.0 Å². The smallest absolute Gasteiger partial charge is 0.158 e. The van der Waals surface area contributed by atoms with E-state index in [9.17, 15) is 5.26 Å². The molecule has 0 amide bonds. The third-order valence-electron chi connectivity index (χ3n) is 2.51. The number of hydrogen-bond donors (Lipinski definition) is 1. The van der Waals surface area contributed by atoms with Crippen molar-refractivity contribution in [2.75, 3.05) is 5.32 Å². The molecule has 0 aliphatic rings. The van der Waals surface area contributed by atoms with E-state index < -0.39 is 0 Å². The summed E-state index contributed by atoms with van der Waals surface area (Å²) in [6.45, 7) is 3.96. The molecule has 1 aromatic carbocycles. The standard InChI is InChI=1S/C13H13N3S/c1-9-5-3-4-6-11(9)16-12(7-14)13-8-17-10(2)15-13/h3-6,8,12,16H,1-2H3. The number of anilines is 1. The fraction of sp³-hybridized carbons (Fsp3) is 0.231. The third kappa shape index (κ3) is 2.63. The lowest BCUT2D eigenvalue weighted by molar-refractivity contribution is 0.939. The Balaban J connectivity index is 2.22. The van der Waals surface area contributed by atoms with E-state index in [0.29, 0.717) is 0 Å². The first-order valence-electron chi connectivity index (χ1n) is 5.34. The summed E-state index contributed by atoms with van der Waals surface area (Å²) < 4.78 is 0. The van der Waals surface area contributed by atoms with Gasteiger partial charge in [-0.15, -0.1) is 11.3 Å². The van der Waals surface area contributed by atoms with Crippen LogP contribution in [0.4, 0.5) is 5.69 Å². The maximum atomic E-state index is 9.19. The summed E-state index contributed by atoms with van der Waals surface area (Å²) >= 11 is 1.56. The molecule has 4 heteroatoms. The largest absolute Gasteiger partial charge is 0.365 e. The second kappa shape index (κ2) is 4.98. The minimum atomic E-state index is -0.388. The zero-order valence-corrected chi connectivity index (χ0v) is 10.6. The van der Waals surface area contributed by atoms with Crippen molar-refractivity contribution in [3.05, 3.63) is 45.9 Å². The number of nitrogens with zero attached hydrogens (tertiary/aromatic N) is 2. The van der Waals surface area contributed by atoms with E-state index in [1.54, 1.807) is 11.3 Å². The van der Waals surface area contributed by atoms with Gasteiger partial charge in [0.2, 0.25) is 0 Å². The zero-order valence-electron chi connectivity index (χ0n) is 9.77. The molecule has 2 rings (SSSR count). The molecule has 3 nitrogen and oxygen atoms in total. The number of aryl methyl sites for hydroxylation is 2. The quantitative estimate of drug-likeness (QED) is 0.898. The Morgan fingerprint density at radius 2 is 2.12 bits per heavy atom. The molecule has 1 heterocycles. The predicted octanol–water partition coefficient (Wildman–Crippen LogP) is 3.44. The van der Waals surface area contributed by atoms with Crippen molar-refractivity contribution in [3.63, 3.8) is 0 Å². The molecule has 0 bridgehead atoms. The van der Waals surface area contributed by atoms with Gasteiger partial charge in [0.05, 0.1) is 16.8 Å². The van der Waals surface area contributed by atoms with Crippen LogP contribution in [0.25, 0.3) is 0 Å². The summed E-state index contributed by atoms with van der Waals surface area (Å²) in [6, 6.07) is 9.78. The average molecular weight is 243 g/mol. The molecule has 0 saturated carbocycles. The molecule has 17 heavy (non-hydrogen) atoms. The van der Waals surface area contributed by atoms with Gasteiger partial charge in [0.15, 0.2) is 6.04 Å². The highest BCUT2D eigenvalue weighted by atomic mass is 32.1. The van der Waals surface area contributed by atoms with E-state index in [1.807, 2.05) is 43.5 Å². The molecule has 0 spiro atoms. The Morgan fingerprint density at radius 3 is 2.71 bits per heavy atom. The molecule has 0 fully saturated rings. The maximum absolute atomic E-state index is 9.19. The van der Waals surface area contributed by atoms with E-state index >= 15 is 0 Å². The van der Waals surface area contributed by atoms with Crippen LogP contribution in [-0.2, 0) is 0 Å². The first-order chi connectivity index (χ1) is 8.20. The van der Waals surface area contributed by atoms with Crippen molar-refractivity contribution in [2.45, 2.75) is 19.9 Å². The number of nitriles is 1. The van der Waals surface area contributed by atoms with Gasteiger partial charge in [-0.1, -0.05) is 18.2 Å². The van der Waals surface area contributed by atoms with Gasteiger partial charge in [0.25, 0.3) is 0 Å². The van der Waals surface area contributed by atoms with Crippen LogP contribution in [0, 0.1) is 25.2 Å². The third-order valence-corrected chi connectivity index (χ3v) is 3.30. The Bertz CT molecular complexity index is 554. The SMILES string of the molecule is Cc1nc(C(C#N)Nc2ccccc2C)cs1. The molecule has 2 aromatic rings. The van der Waals surface area contributed by atoms with Crippen LogP contribution in [-0.4, -0.2) is 4.98 Å². The highest BCUT2D eigenvalue weighted by molar-refractivity contribution is 7.09. The number of benzene rings is 1. The van der Waals surface area contributed by atoms with E-state index in [0.717, 1.165) is 22.0 Å². The van der Waals surface area contributed by atoms with E-state index in [1.165, 1.54) is 0 Å². The van der Waals surface area contributed by atoms with Crippen LogP contribution < -0.4 is 5.32 Å². The van der Waals surface area contributed by atoms with Crippen molar-refractivity contribution in [2.24, 2.45) is 0 Å². The monoisotopic (exact) mass is 243 g/mol. The van der Waals surface area contributed by atoms with Gasteiger partial charge < -0.3 is 5.32 Å². The van der Waals surface area contributed by atoms with E-state index in [-0.39, 0.29) is 6.04 Å².